The molecule has 4 N–H and O–H groups in total. The lowest BCUT2D eigenvalue weighted by Crippen LogP contribution is -2.48. The van der Waals surface area contributed by atoms with Crippen LogP contribution in [0.3, 0.4) is 0 Å². The highest BCUT2D eigenvalue weighted by atomic mass is 35.5. The lowest BCUT2D eigenvalue weighted by Gasteiger charge is -2.32. The van der Waals surface area contributed by atoms with E-state index in [1.165, 1.54) is 6.07 Å². The molecule has 1 aliphatic carbocycles. The zero-order chi connectivity index (χ0) is 24.3. The van der Waals surface area contributed by atoms with Gasteiger partial charge in [-0.3, -0.25) is 19.6 Å². The molecular weight excluding hydrogens is 464 g/mol. The van der Waals surface area contributed by atoms with Gasteiger partial charge in [-0.1, -0.05) is 42.0 Å². The maximum absolute atomic E-state index is 12.9. The van der Waals surface area contributed by atoms with E-state index in [0.29, 0.717) is 23.4 Å². The Kier molecular flexibility index (Phi) is 6.37. The van der Waals surface area contributed by atoms with Crippen LogP contribution in [0.4, 0.5) is 5.69 Å². The molecule has 0 saturated heterocycles. The fourth-order valence-corrected chi connectivity index (χ4v) is 4.62. The van der Waals surface area contributed by atoms with Crippen molar-refractivity contribution in [3.63, 3.8) is 0 Å². The summed E-state index contributed by atoms with van der Waals surface area (Å²) in [4.78, 5) is 34.7. The van der Waals surface area contributed by atoms with E-state index < -0.39 is 5.41 Å². The maximum atomic E-state index is 12.9. The van der Waals surface area contributed by atoms with E-state index in [1.807, 2.05) is 36.4 Å². The average Bonchev–Trinajstić information content (AvgIpc) is 3.61. The lowest BCUT2D eigenvalue weighted by atomic mass is 9.78. The summed E-state index contributed by atoms with van der Waals surface area (Å²) in [5, 5.41) is 12.7. The molecule has 2 amide bonds. The standard InChI is InChI=1S/C26H25ClN6O2/c27-21-16-17(22(34)32-18-4-2-1-3-5-18)6-7-20(21)23(35)33-19-8-10-26(11-9-19,24-28-12-13-29-24)25-30-14-15-31-25/h1-10,16H,11-15H2,(H,28,29)(H,30,31)(H,32,34)(H,33,35). The second-order valence-corrected chi connectivity index (χ2v) is 8.86. The van der Waals surface area contributed by atoms with Crippen molar-refractivity contribution in [2.24, 2.45) is 15.4 Å². The van der Waals surface area contributed by atoms with Gasteiger partial charge in [0.05, 0.1) is 23.7 Å². The zero-order valence-electron chi connectivity index (χ0n) is 19.0. The normalized spacial score (nSPS) is 18.0. The first-order valence-electron chi connectivity index (χ1n) is 11.5. The quantitative estimate of drug-likeness (QED) is 0.501. The molecule has 0 bridgehead atoms. The number of aliphatic imine (C=N–C) groups is 2. The van der Waals surface area contributed by atoms with E-state index in [9.17, 15) is 9.59 Å². The van der Waals surface area contributed by atoms with E-state index >= 15 is 0 Å². The van der Waals surface area contributed by atoms with Crippen molar-refractivity contribution < 1.29 is 9.59 Å². The van der Waals surface area contributed by atoms with Crippen LogP contribution in [0.5, 0.6) is 0 Å². The number of carbonyl (C=O) groups excluding carboxylic acids is 2. The minimum absolute atomic E-state index is 0.201. The summed E-state index contributed by atoms with van der Waals surface area (Å²) >= 11 is 6.38. The number of benzene rings is 2. The molecule has 0 aromatic heterocycles. The number of rotatable bonds is 6. The molecule has 0 saturated carbocycles. The molecule has 0 unspecified atom stereocenters. The van der Waals surface area contributed by atoms with Gasteiger partial charge in [-0.25, -0.2) is 0 Å². The zero-order valence-corrected chi connectivity index (χ0v) is 19.7. The Bertz CT molecular complexity index is 1260. The summed E-state index contributed by atoms with van der Waals surface area (Å²) in [5.41, 5.74) is 1.54. The predicted octanol–water partition coefficient (Wildman–Crippen LogP) is 3.16. The molecule has 2 aromatic carbocycles. The third-order valence-electron chi connectivity index (χ3n) is 6.15. The van der Waals surface area contributed by atoms with Gasteiger partial charge in [0.2, 0.25) is 0 Å². The van der Waals surface area contributed by atoms with Crippen LogP contribution in [-0.4, -0.2) is 49.7 Å². The van der Waals surface area contributed by atoms with Gasteiger partial charge >= 0.3 is 0 Å². The molecule has 2 aromatic rings. The lowest BCUT2D eigenvalue weighted by molar-refractivity contribution is 0.0964. The van der Waals surface area contributed by atoms with Gasteiger partial charge < -0.3 is 21.3 Å². The van der Waals surface area contributed by atoms with Crippen LogP contribution in [0.1, 0.15) is 27.1 Å². The minimum Gasteiger partial charge on any atom is -0.371 e. The number of amidine groups is 2. The molecule has 35 heavy (non-hydrogen) atoms. The van der Waals surface area contributed by atoms with E-state index in [-0.39, 0.29) is 22.4 Å². The third-order valence-corrected chi connectivity index (χ3v) is 6.46. The van der Waals surface area contributed by atoms with Crippen molar-refractivity contribution in [2.45, 2.75) is 6.42 Å². The molecule has 0 radical (unpaired) electrons. The van der Waals surface area contributed by atoms with Crippen LogP contribution in [0.2, 0.25) is 5.02 Å². The van der Waals surface area contributed by atoms with Crippen LogP contribution in [-0.2, 0) is 0 Å². The summed E-state index contributed by atoms with van der Waals surface area (Å²) in [6, 6.07) is 13.8. The van der Waals surface area contributed by atoms with Crippen molar-refractivity contribution in [3.05, 3.63) is 88.6 Å². The van der Waals surface area contributed by atoms with Gasteiger partial charge in [-0.15, -0.1) is 0 Å². The number of halogens is 1. The van der Waals surface area contributed by atoms with Crippen molar-refractivity contribution in [1.29, 1.82) is 0 Å². The molecule has 5 rings (SSSR count). The van der Waals surface area contributed by atoms with Gasteiger partial charge in [-0.05, 0) is 42.8 Å². The van der Waals surface area contributed by atoms with Crippen molar-refractivity contribution in [2.75, 3.05) is 31.5 Å². The molecular formula is C26H25ClN6O2. The molecule has 2 heterocycles. The Morgan fingerprint density at radius 1 is 0.914 bits per heavy atom. The predicted molar refractivity (Wildman–Crippen MR) is 138 cm³/mol. The van der Waals surface area contributed by atoms with Gasteiger partial charge in [0.15, 0.2) is 0 Å². The Balaban J connectivity index is 1.27. The number of nitrogens with one attached hydrogen (secondary N) is 4. The molecule has 0 spiro atoms. The van der Waals surface area contributed by atoms with Gasteiger partial charge in [0, 0.05) is 30.0 Å². The van der Waals surface area contributed by atoms with Crippen molar-refractivity contribution in [3.8, 4) is 0 Å². The number of allylic oxidation sites excluding steroid dienone is 2. The molecule has 8 nitrogen and oxygen atoms in total. The van der Waals surface area contributed by atoms with E-state index in [1.54, 1.807) is 24.3 Å². The highest BCUT2D eigenvalue weighted by Crippen LogP contribution is 2.33. The Morgan fingerprint density at radius 3 is 2.20 bits per heavy atom. The average molecular weight is 489 g/mol. The summed E-state index contributed by atoms with van der Waals surface area (Å²) < 4.78 is 0. The van der Waals surface area contributed by atoms with Crippen LogP contribution >= 0.6 is 11.6 Å². The van der Waals surface area contributed by atoms with Crippen molar-refractivity contribution >= 4 is 40.8 Å². The molecule has 0 atom stereocenters. The molecule has 2 aliphatic heterocycles. The second-order valence-electron chi connectivity index (χ2n) is 8.45. The number of nitrogens with zero attached hydrogens (tertiary/aromatic N) is 2. The molecule has 3 aliphatic rings. The fraction of sp³-hybridized carbons (Fsp3) is 0.231. The van der Waals surface area contributed by atoms with E-state index in [2.05, 4.69) is 31.3 Å². The summed E-state index contributed by atoms with van der Waals surface area (Å²) in [6.07, 6.45) is 6.50. The fourth-order valence-electron chi connectivity index (χ4n) is 4.35. The van der Waals surface area contributed by atoms with Crippen LogP contribution in [0, 0.1) is 5.41 Å². The maximum Gasteiger partial charge on any atom is 0.257 e. The van der Waals surface area contributed by atoms with Crippen molar-refractivity contribution in [1.82, 2.24) is 16.0 Å². The van der Waals surface area contributed by atoms with Crippen LogP contribution in [0.25, 0.3) is 0 Å². The Morgan fingerprint density at radius 2 is 1.63 bits per heavy atom. The Labute approximate surface area is 208 Å². The number of hydrogen-bond donors (Lipinski definition) is 4. The van der Waals surface area contributed by atoms with Crippen LogP contribution in [0.15, 0.2) is 82.4 Å². The first kappa shape index (κ1) is 22.9. The number of amides is 2. The topological polar surface area (TPSA) is 107 Å². The van der Waals surface area contributed by atoms with E-state index in [0.717, 1.165) is 37.9 Å². The largest absolute Gasteiger partial charge is 0.371 e. The highest BCUT2D eigenvalue weighted by molar-refractivity contribution is 6.34. The van der Waals surface area contributed by atoms with Gasteiger partial charge in [0.1, 0.15) is 17.1 Å². The minimum atomic E-state index is -0.466. The Hall–Kier alpha value is -3.91. The summed E-state index contributed by atoms with van der Waals surface area (Å²) in [6.45, 7) is 3.10. The van der Waals surface area contributed by atoms with Gasteiger partial charge in [0.25, 0.3) is 11.8 Å². The van der Waals surface area contributed by atoms with Gasteiger partial charge in [-0.2, -0.15) is 0 Å². The monoisotopic (exact) mass is 488 g/mol. The second kappa shape index (κ2) is 9.76. The number of carbonyl (C=O) groups is 2. The summed E-state index contributed by atoms with van der Waals surface area (Å²) in [5.74, 6) is 1.15. The third kappa shape index (κ3) is 4.70. The highest BCUT2D eigenvalue weighted by Gasteiger charge is 2.42. The van der Waals surface area contributed by atoms with E-state index in [4.69, 9.17) is 11.6 Å². The molecule has 178 valence electrons. The number of para-hydroxylation sites is 1. The smallest absolute Gasteiger partial charge is 0.257 e. The molecule has 9 heteroatoms. The molecule has 0 fully saturated rings. The SMILES string of the molecule is O=C(Nc1ccccc1)c1ccc(C(=O)NC2=CCC(C3=NCCN3)(C3=NCCN3)C=C2)c(Cl)c1. The number of anilines is 1. The summed E-state index contributed by atoms with van der Waals surface area (Å²) in [7, 11) is 0. The first-order chi connectivity index (χ1) is 17.0. The number of hydrogen-bond acceptors (Lipinski definition) is 6. The van der Waals surface area contributed by atoms with Crippen LogP contribution < -0.4 is 21.3 Å². The first-order valence-corrected chi connectivity index (χ1v) is 11.9.